The molecule has 236 valence electrons. The lowest BCUT2D eigenvalue weighted by atomic mass is 9.82. The Morgan fingerprint density at radius 2 is 1.76 bits per heavy atom. The number of carbonyl (C=O) groups is 3. The number of benzene rings is 4. The van der Waals surface area contributed by atoms with Gasteiger partial charge in [0.25, 0.3) is 11.8 Å². The first kappa shape index (κ1) is 30.3. The van der Waals surface area contributed by atoms with Gasteiger partial charge in [0, 0.05) is 46.9 Å². The summed E-state index contributed by atoms with van der Waals surface area (Å²) in [5.74, 6) is -1.19. The quantitative estimate of drug-likeness (QED) is 0.226. The van der Waals surface area contributed by atoms with Crippen molar-refractivity contribution in [1.82, 2.24) is 4.90 Å². The molecule has 0 aliphatic carbocycles. The molecule has 46 heavy (non-hydrogen) atoms. The molecule has 3 heterocycles. The van der Waals surface area contributed by atoms with E-state index >= 15 is 0 Å². The Balaban J connectivity index is 1.25. The Kier molecular flexibility index (Phi) is 7.36. The van der Waals surface area contributed by atoms with Gasteiger partial charge < -0.3 is 24.9 Å². The number of carbonyl (C=O) groups excluding carboxylic acids is 3. The van der Waals surface area contributed by atoms with Gasteiger partial charge in [0.2, 0.25) is 5.91 Å². The third-order valence-corrected chi connectivity index (χ3v) is 12.4. The highest BCUT2D eigenvalue weighted by Crippen LogP contribution is 2.59. The van der Waals surface area contributed by atoms with Crippen LogP contribution in [0.1, 0.15) is 34.8 Å². The smallest absolute Gasteiger partial charge is 0.263 e. The summed E-state index contributed by atoms with van der Waals surface area (Å²) in [5, 5.41) is 14.6. The number of fused-ring (bicyclic) bond motifs is 2. The van der Waals surface area contributed by atoms with E-state index in [1.165, 1.54) is 0 Å². The number of hydrogen-bond donors (Lipinski definition) is 3. The summed E-state index contributed by atoms with van der Waals surface area (Å²) >= 11 is 0. The Hall–Kier alpha value is -4.35. The molecule has 0 unspecified atom stereocenters. The van der Waals surface area contributed by atoms with Gasteiger partial charge in [0.1, 0.15) is 0 Å². The maximum atomic E-state index is 14.0. The van der Waals surface area contributed by atoms with Gasteiger partial charge in [-0.3, -0.25) is 19.3 Å². The molecule has 1 fully saturated rings. The first-order valence-electron chi connectivity index (χ1n) is 15.7. The Morgan fingerprint density at radius 1 is 1.02 bits per heavy atom. The van der Waals surface area contributed by atoms with Crippen LogP contribution >= 0.6 is 0 Å². The number of aliphatic hydroxyl groups excluding tert-OH is 1. The van der Waals surface area contributed by atoms with E-state index in [0.717, 1.165) is 22.0 Å². The molecule has 4 atom stereocenters. The molecular formula is C36H37N3O6Si. The summed E-state index contributed by atoms with van der Waals surface area (Å²) in [6, 6.07) is 26.5. The van der Waals surface area contributed by atoms with Gasteiger partial charge in [0.05, 0.1) is 30.4 Å². The minimum absolute atomic E-state index is 0.0508. The molecule has 1 spiro atoms. The molecule has 3 aliphatic heterocycles. The second-order valence-corrected chi connectivity index (χ2v) is 17.1. The fourth-order valence-electron chi connectivity index (χ4n) is 7.91. The van der Waals surface area contributed by atoms with E-state index in [9.17, 15) is 24.3 Å². The SMILES string of the molecule is C[C@@H]1[C@@H]([Si](C)(C)O)[C@H](CC(=O)N(CCO)Cc2ccccc2)O[C@@]12C(=O)Nc1ccc(N3C(=O)c4cccc5cccc3c45)cc12. The average molecular weight is 636 g/mol. The first-order valence-corrected chi connectivity index (χ1v) is 18.7. The summed E-state index contributed by atoms with van der Waals surface area (Å²) in [6.45, 7) is 5.82. The second kappa shape index (κ2) is 11.2. The van der Waals surface area contributed by atoms with Crippen LogP contribution in [0.2, 0.25) is 18.6 Å². The van der Waals surface area contributed by atoms with Crippen LogP contribution in [0, 0.1) is 5.92 Å². The first-order chi connectivity index (χ1) is 22.0. The third kappa shape index (κ3) is 4.67. The van der Waals surface area contributed by atoms with Crippen molar-refractivity contribution in [2.45, 2.75) is 50.2 Å². The molecule has 3 N–H and O–H groups in total. The predicted octanol–water partition coefficient (Wildman–Crippen LogP) is 5.29. The number of nitrogens with one attached hydrogen (secondary N) is 1. The fraction of sp³-hybridized carbons (Fsp3) is 0.306. The van der Waals surface area contributed by atoms with Crippen molar-refractivity contribution in [3.8, 4) is 0 Å². The van der Waals surface area contributed by atoms with E-state index in [1.807, 2.05) is 98.9 Å². The van der Waals surface area contributed by atoms with E-state index in [-0.39, 0.29) is 37.3 Å². The van der Waals surface area contributed by atoms with Gasteiger partial charge in [0.15, 0.2) is 13.9 Å². The van der Waals surface area contributed by atoms with Crippen LogP contribution in [-0.4, -0.2) is 60.1 Å². The summed E-state index contributed by atoms with van der Waals surface area (Å²) in [4.78, 5) is 56.4. The van der Waals surface area contributed by atoms with E-state index in [1.54, 1.807) is 15.9 Å². The number of rotatable bonds is 8. The lowest BCUT2D eigenvalue weighted by Gasteiger charge is -2.32. The standard InChI is InChI=1S/C36H37N3O6Si/c1-22-33(46(2,3)44)30(20-31(41)38(17-18-40)21-23-9-5-4-6-10-23)45-36(22)27-19-25(15-16-28(27)37-35(36)43)39-29-14-8-12-24-11-7-13-26(32(24)29)34(39)42/h4-16,19,22,30,33,40,44H,17-18,20-21H2,1-3H3,(H,37,43)/t22-,30+,33-,36+/m1/s1. The molecule has 7 rings (SSSR count). The Labute approximate surface area is 268 Å². The molecular weight excluding hydrogens is 598 g/mol. The normalized spacial score (nSPS) is 23.3. The van der Waals surface area contributed by atoms with Gasteiger partial charge in [-0.1, -0.05) is 61.5 Å². The maximum absolute atomic E-state index is 14.0. The average Bonchev–Trinajstić information content (AvgIpc) is 3.60. The third-order valence-electron chi connectivity index (χ3n) is 9.85. The van der Waals surface area contributed by atoms with Crippen molar-refractivity contribution in [1.29, 1.82) is 0 Å². The Morgan fingerprint density at radius 3 is 2.48 bits per heavy atom. The van der Waals surface area contributed by atoms with Crippen LogP contribution in [0.3, 0.4) is 0 Å². The van der Waals surface area contributed by atoms with Gasteiger partial charge in [-0.05, 0) is 54.4 Å². The maximum Gasteiger partial charge on any atom is 0.263 e. The van der Waals surface area contributed by atoms with Gasteiger partial charge in [-0.15, -0.1) is 0 Å². The molecule has 4 aromatic carbocycles. The molecule has 0 aromatic heterocycles. The minimum Gasteiger partial charge on any atom is -0.432 e. The summed E-state index contributed by atoms with van der Waals surface area (Å²) in [6.07, 6.45) is -0.789. The van der Waals surface area contributed by atoms with Crippen LogP contribution in [0.5, 0.6) is 0 Å². The highest BCUT2D eigenvalue weighted by Gasteiger charge is 2.65. The number of hydrogen-bond acceptors (Lipinski definition) is 6. The number of aliphatic hydroxyl groups is 1. The molecule has 9 nitrogen and oxygen atoms in total. The van der Waals surface area contributed by atoms with Gasteiger partial charge in [-0.2, -0.15) is 0 Å². The molecule has 10 heteroatoms. The predicted molar refractivity (Wildman–Crippen MR) is 178 cm³/mol. The largest absolute Gasteiger partial charge is 0.432 e. The zero-order chi connectivity index (χ0) is 32.4. The molecule has 3 aliphatic rings. The summed E-state index contributed by atoms with van der Waals surface area (Å²) < 4.78 is 6.76. The number of anilines is 3. The molecule has 0 bridgehead atoms. The highest BCUT2D eigenvalue weighted by molar-refractivity contribution is 6.71. The van der Waals surface area contributed by atoms with Crippen molar-refractivity contribution in [2.75, 3.05) is 23.4 Å². The van der Waals surface area contributed by atoms with Crippen LogP contribution in [0.15, 0.2) is 84.9 Å². The zero-order valence-electron chi connectivity index (χ0n) is 26.1. The number of amides is 3. The molecule has 4 aromatic rings. The zero-order valence-corrected chi connectivity index (χ0v) is 27.1. The van der Waals surface area contributed by atoms with Gasteiger partial charge in [-0.25, -0.2) is 0 Å². The Bertz CT molecular complexity index is 1870. The molecule has 0 radical (unpaired) electrons. The van der Waals surface area contributed by atoms with Crippen LogP contribution < -0.4 is 10.2 Å². The topological polar surface area (TPSA) is 119 Å². The lowest BCUT2D eigenvalue weighted by molar-refractivity contribution is -0.148. The van der Waals surface area contributed by atoms with Crippen molar-refractivity contribution in [2.24, 2.45) is 5.92 Å². The van der Waals surface area contributed by atoms with E-state index in [4.69, 9.17) is 4.74 Å². The molecule has 3 amide bonds. The summed E-state index contributed by atoms with van der Waals surface area (Å²) in [7, 11) is -3.00. The minimum atomic E-state index is -3.00. The van der Waals surface area contributed by atoms with Crippen molar-refractivity contribution in [3.05, 3.63) is 102 Å². The van der Waals surface area contributed by atoms with E-state index < -0.39 is 31.5 Å². The fourth-order valence-corrected chi connectivity index (χ4v) is 10.5. The molecule has 0 saturated carbocycles. The second-order valence-electron chi connectivity index (χ2n) is 13.1. The van der Waals surface area contributed by atoms with Gasteiger partial charge >= 0.3 is 0 Å². The summed E-state index contributed by atoms with van der Waals surface area (Å²) in [5.41, 5.74) is 2.20. The van der Waals surface area contributed by atoms with Crippen LogP contribution in [0.25, 0.3) is 10.8 Å². The van der Waals surface area contributed by atoms with Crippen molar-refractivity contribution >= 4 is 53.9 Å². The van der Waals surface area contributed by atoms with E-state index in [0.29, 0.717) is 29.0 Å². The molecule has 1 saturated heterocycles. The van der Waals surface area contributed by atoms with Crippen molar-refractivity contribution in [3.63, 3.8) is 0 Å². The van der Waals surface area contributed by atoms with Crippen molar-refractivity contribution < 1.29 is 29.0 Å². The van der Waals surface area contributed by atoms with E-state index in [2.05, 4.69) is 5.32 Å². The lowest BCUT2D eigenvalue weighted by Crippen LogP contribution is -2.44. The number of ether oxygens (including phenoxy) is 1. The number of nitrogens with zero attached hydrogens (tertiary/aromatic N) is 2. The highest BCUT2D eigenvalue weighted by atomic mass is 28.4. The monoisotopic (exact) mass is 635 g/mol. The van der Waals surface area contributed by atoms with Crippen LogP contribution in [0.4, 0.5) is 17.1 Å². The van der Waals surface area contributed by atoms with Crippen LogP contribution in [-0.2, 0) is 26.5 Å².